The molecule has 0 aliphatic heterocycles. The van der Waals surface area contributed by atoms with Gasteiger partial charge in [-0.1, -0.05) is 23.8 Å². The fourth-order valence-electron chi connectivity index (χ4n) is 1.47. The fourth-order valence-corrected chi connectivity index (χ4v) is 1.47. The number of benzene rings is 1. The number of para-hydroxylation sites is 1. The molecule has 1 rings (SSSR count). The predicted molar refractivity (Wildman–Crippen MR) is 59.2 cm³/mol. The summed E-state index contributed by atoms with van der Waals surface area (Å²) in [7, 11) is 0. The van der Waals surface area contributed by atoms with Crippen LogP contribution in [0.5, 0.6) is 5.75 Å². The lowest BCUT2D eigenvalue weighted by molar-refractivity contribution is 0.457. The van der Waals surface area contributed by atoms with E-state index in [0.717, 1.165) is 16.7 Å². The molecule has 0 spiro atoms. The highest BCUT2D eigenvalue weighted by Gasteiger charge is 2.11. The highest BCUT2D eigenvalue weighted by atomic mass is 16.3. The van der Waals surface area contributed by atoms with Crippen molar-refractivity contribution in [3.8, 4) is 5.75 Å². The molecule has 0 aromatic heterocycles. The van der Waals surface area contributed by atoms with E-state index in [0.29, 0.717) is 12.2 Å². The first-order valence-corrected chi connectivity index (χ1v) is 4.70. The quantitative estimate of drug-likeness (QED) is 0.721. The van der Waals surface area contributed by atoms with E-state index in [9.17, 15) is 5.11 Å². The Balaban J connectivity index is 2.95. The third-order valence-electron chi connectivity index (χ3n) is 2.24. The summed E-state index contributed by atoms with van der Waals surface area (Å²) in [5.74, 6) is 0.307. The summed E-state index contributed by atoms with van der Waals surface area (Å²) in [5, 5.41) is 9.77. The average molecular weight is 191 g/mol. The summed E-state index contributed by atoms with van der Waals surface area (Å²) < 4.78 is 0. The zero-order chi connectivity index (χ0) is 10.7. The second kappa shape index (κ2) is 4.29. The Morgan fingerprint density at radius 1 is 1.57 bits per heavy atom. The molecular formula is C12H17NO. The predicted octanol–water partition coefficient (Wildman–Crippen LogP) is 2.67. The molecule has 0 aliphatic carbocycles. The van der Waals surface area contributed by atoms with Gasteiger partial charge in [-0.3, -0.25) is 0 Å². The van der Waals surface area contributed by atoms with Gasteiger partial charge in [0.1, 0.15) is 5.75 Å². The van der Waals surface area contributed by atoms with E-state index in [1.807, 2.05) is 32.0 Å². The number of hydrogen-bond donors (Lipinski definition) is 2. The van der Waals surface area contributed by atoms with Crippen molar-refractivity contribution in [1.29, 1.82) is 0 Å². The Labute approximate surface area is 85.1 Å². The number of rotatable bonds is 3. The van der Waals surface area contributed by atoms with Gasteiger partial charge in [0.05, 0.1) is 0 Å². The summed E-state index contributed by atoms with van der Waals surface area (Å²) in [5.41, 5.74) is 8.63. The molecule has 0 aliphatic rings. The summed E-state index contributed by atoms with van der Waals surface area (Å²) in [6, 6.07) is 5.47. The molecular weight excluding hydrogens is 174 g/mol. The van der Waals surface area contributed by atoms with Crippen LogP contribution in [0.1, 0.15) is 30.5 Å². The van der Waals surface area contributed by atoms with Crippen molar-refractivity contribution >= 4 is 0 Å². The molecule has 2 heteroatoms. The highest BCUT2D eigenvalue weighted by Crippen LogP contribution is 2.28. The summed E-state index contributed by atoms with van der Waals surface area (Å²) in [6.45, 7) is 7.62. The Bertz CT molecular complexity index is 344. The van der Waals surface area contributed by atoms with Crippen LogP contribution < -0.4 is 5.73 Å². The minimum atomic E-state index is -0.160. The van der Waals surface area contributed by atoms with Crippen LogP contribution in [0.2, 0.25) is 0 Å². The average Bonchev–Trinajstić information content (AvgIpc) is 2.08. The first-order valence-electron chi connectivity index (χ1n) is 4.70. The van der Waals surface area contributed by atoms with Crippen molar-refractivity contribution in [2.75, 3.05) is 0 Å². The number of nitrogens with two attached hydrogens (primary N) is 1. The zero-order valence-corrected chi connectivity index (χ0v) is 8.75. The second-order valence-corrected chi connectivity index (χ2v) is 3.78. The number of aromatic hydroxyl groups is 1. The van der Waals surface area contributed by atoms with Gasteiger partial charge < -0.3 is 10.8 Å². The van der Waals surface area contributed by atoms with E-state index in [4.69, 9.17) is 5.73 Å². The zero-order valence-electron chi connectivity index (χ0n) is 8.75. The summed E-state index contributed by atoms with van der Waals surface area (Å²) in [6.07, 6.45) is 0.705. The SMILES string of the molecule is C=C(C)C[C@H](N)c1cccc(C)c1O. The van der Waals surface area contributed by atoms with Gasteiger partial charge in [0.2, 0.25) is 0 Å². The highest BCUT2D eigenvalue weighted by molar-refractivity contribution is 5.41. The van der Waals surface area contributed by atoms with Crippen LogP contribution in [-0.4, -0.2) is 5.11 Å². The van der Waals surface area contributed by atoms with Gasteiger partial charge in [-0.2, -0.15) is 0 Å². The van der Waals surface area contributed by atoms with Gasteiger partial charge in [-0.05, 0) is 25.8 Å². The van der Waals surface area contributed by atoms with Gasteiger partial charge in [0, 0.05) is 11.6 Å². The number of phenols is 1. The molecule has 76 valence electrons. The van der Waals surface area contributed by atoms with Crippen molar-refractivity contribution in [1.82, 2.24) is 0 Å². The summed E-state index contributed by atoms with van der Waals surface area (Å²) in [4.78, 5) is 0. The molecule has 1 aromatic carbocycles. The van der Waals surface area contributed by atoms with Crippen LogP contribution in [0.25, 0.3) is 0 Å². The number of hydrogen-bond acceptors (Lipinski definition) is 2. The van der Waals surface area contributed by atoms with E-state index in [-0.39, 0.29) is 6.04 Å². The van der Waals surface area contributed by atoms with E-state index in [1.54, 1.807) is 0 Å². The Hall–Kier alpha value is -1.28. The molecule has 0 heterocycles. The van der Waals surface area contributed by atoms with Crippen LogP contribution >= 0.6 is 0 Å². The normalized spacial score (nSPS) is 12.5. The number of aryl methyl sites for hydroxylation is 1. The summed E-state index contributed by atoms with van der Waals surface area (Å²) >= 11 is 0. The first kappa shape index (κ1) is 10.8. The molecule has 0 saturated carbocycles. The maximum atomic E-state index is 9.77. The molecule has 2 nitrogen and oxygen atoms in total. The largest absolute Gasteiger partial charge is 0.507 e. The van der Waals surface area contributed by atoms with Gasteiger partial charge in [0.25, 0.3) is 0 Å². The maximum absolute atomic E-state index is 9.77. The standard InChI is InChI=1S/C12H17NO/c1-8(2)7-11(13)10-6-4-5-9(3)12(10)14/h4-6,11,14H,1,7,13H2,2-3H3/t11-/m0/s1. The van der Waals surface area contributed by atoms with Crippen LogP contribution in [0.3, 0.4) is 0 Å². The molecule has 14 heavy (non-hydrogen) atoms. The van der Waals surface area contributed by atoms with Crippen LogP contribution in [-0.2, 0) is 0 Å². The van der Waals surface area contributed by atoms with Gasteiger partial charge in [-0.25, -0.2) is 0 Å². The molecule has 0 radical (unpaired) electrons. The lowest BCUT2D eigenvalue weighted by Crippen LogP contribution is -2.10. The third kappa shape index (κ3) is 2.36. The van der Waals surface area contributed by atoms with Crippen LogP contribution in [0, 0.1) is 6.92 Å². The lowest BCUT2D eigenvalue weighted by atomic mass is 9.98. The van der Waals surface area contributed by atoms with Crippen LogP contribution in [0.4, 0.5) is 0 Å². The third-order valence-corrected chi connectivity index (χ3v) is 2.24. The van der Waals surface area contributed by atoms with E-state index < -0.39 is 0 Å². The van der Waals surface area contributed by atoms with Crippen molar-refractivity contribution in [3.63, 3.8) is 0 Å². The lowest BCUT2D eigenvalue weighted by Gasteiger charge is -2.14. The van der Waals surface area contributed by atoms with Gasteiger partial charge in [-0.15, -0.1) is 6.58 Å². The minimum Gasteiger partial charge on any atom is -0.507 e. The van der Waals surface area contributed by atoms with Crippen LogP contribution in [0.15, 0.2) is 30.4 Å². The molecule has 0 saturated heterocycles. The van der Waals surface area contributed by atoms with E-state index in [2.05, 4.69) is 6.58 Å². The van der Waals surface area contributed by atoms with Gasteiger partial charge >= 0.3 is 0 Å². The molecule has 0 bridgehead atoms. The van der Waals surface area contributed by atoms with E-state index in [1.165, 1.54) is 0 Å². The van der Waals surface area contributed by atoms with E-state index >= 15 is 0 Å². The number of phenolic OH excluding ortho intramolecular Hbond substituents is 1. The molecule has 1 atom stereocenters. The second-order valence-electron chi connectivity index (χ2n) is 3.78. The molecule has 1 aromatic rings. The van der Waals surface area contributed by atoms with Crippen molar-refractivity contribution in [2.45, 2.75) is 26.3 Å². The molecule has 0 amide bonds. The first-order chi connectivity index (χ1) is 6.52. The molecule has 0 unspecified atom stereocenters. The van der Waals surface area contributed by atoms with Crippen molar-refractivity contribution < 1.29 is 5.11 Å². The van der Waals surface area contributed by atoms with Crippen molar-refractivity contribution in [3.05, 3.63) is 41.5 Å². The molecule has 0 fully saturated rings. The van der Waals surface area contributed by atoms with Gasteiger partial charge in [0.15, 0.2) is 0 Å². The maximum Gasteiger partial charge on any atom is 0.123 e. The Morgan fingerprint density at radius 3 is 2.79 bits per heavy atom. The minimum absolute atomic E-state index is 0.160. The Kier molecular flexibility index (Phi) is 3.31. The monoisotopic (exact) mass is 191 g/mol. The molecule has 3 N–H and O–H groups in total. The smallest absolute Gasteiger partial charge is 0.123 e. The fraction of sp³-hybridized carbons (Fsp3) is 0.333. The Morgan fingerprint density at radius 2 is 2.21 bits per heavy atom. The topological polar surface area (TPSA) is 46.2 Å². The van der Waals surface area contributed by atoms with Crippen molar-refractivity contribution in [2.24, 2.45) is 5.73 Å².